The fraction of sp³-hybridized carbons (Fsp3) is 0.938. The second kappa shape index (κ2) is 12.4. The van der Waals surface area contributed by atoms with Gasteiger partial charge in [-0.1, -0.05) is 70.7 Å². The van der Waals surface area contributed by atoms with Crippen molar-refractivity contribution in [2.45, 2.75) is 83.8 Å². The third-order valence-corrected chi connectivity index (χ3v) is 9.45. The van der Waals surface area contributed by atoms with Crippen molar-refractivity contribution in [3.05, 3.63) is 0 Å². The van der Waals surface area contributed by atoms with Crippen molar-refractivity contribution in [1.82, 2.24) is 9.76 Å². The number of amides is 1. The van der Waals surface area contributed by atoms with E-state index in [1.807, 2.05) is 6.92 Å². The number of rotatable bonds is 13. The van der Waals surface area contributed by atoms with Crippen LogP contribution in [0.3, 0.4) is 0 Å². The lowest BCUT2D eigenvalue weighted by atomic mass is 10.1. The smallest absolute Gasteiger partial charge is 0.287 e. The summed E-state index contributed by atoms with van der Waals surface area (Å²) in [4.78, 5) is 12.0. The van der Waals surface area contributed by atoms with E-state index in [4.69, 9.17) is 0 Å². The highest BCUT2D eigenvalue weighted by Crippen LogP contribution is 2.58. The van der Waals surface area contributed by atoms with E-state index in [0.29, 0.717) is 6.42 Å². The highest BCUT2D eigenvalue weighted by Gasteiger charge is 2.29. The second-order valence-electron chi connectivity index (χ2n) is 6.10. The van der Waals surface area contributed by atoms with E-state index >= 15 is 0 Å². The Morgan fingerprint density at radius 1 is 1.09 bits per heavy atom. The van der Waals surface area contributed by atoms with Crippen molar-refractivity contribution < 1.29 is 9.36 Å². The van der Waals surface area contributed by atoms with Crippen LogP contribution in [0.2, 0.25) is 0 Å². The average molecular weight is 351 g/mol. The van der Waals surface area contributed by atoms with E-state index in [-0.39, 0.29) is 11.2 Å². The van der Waals surface area contributed by atoms with Gasteiger partial charge in [-0.2, -0.15) is 0 Å². The molecule has 0 fully saturated rings. The molecule has 0 heterocycles. The summed E-state index contributed by atoms with van der Waals surface area (Å²) in [5.74, 6) is -0.0820. The maximum atomic E-state index is 12.9. The predicted octanol–water partition coefficient (Wildman–Crippen LogP) is 5.44. The van der Waals surface area contributed by atoms with Crippen molar-refractivity contribution in [1.29, 1.82) is 0 Å². The molecule has 1 N–H and O–H groups in total. The number of hydrogen-bond donors (Lipinski definition) is 1. The highest BCUT2D eigenvalue weighted by atomic mass is 32.7. The summed E-state index contributed by atoms with van der Waals surface area (Å²) < 4.78 is 14.5. The summed E-state index contributed by atoms with van der Waals surface area (Å²) in [7, 11) is 3.54. The fourth-order valence-corrected chi connectivity index (χ4v) is 6.44. The number of nitrogens with one attached hydrogen (secondary N) is 1. The summed E-state index contributed by atoms with van der Waals surface area (Å²) in [5.41, 5.74) is 0. The average Bonchev–Trinajstić information content (AvgIpc) is 2.45. The Morgan fingerprint density at radius 3 is 2.14 bits per heavy atom. The second-order valence-corrected chi connectivity index (χ2v) is 11.3. The zero-order valence-corrected chi connectivity index (χ0v) is 16.8. The number of carbonyl (C=O) groups excluding carboxylic acids is 1. The van der Waals surface area contributed by atoms with Gasteiger partial charge in [0.2, 0.25) is 5.91 Å². The number of unbranched alkanes of at least 4 members (excludes halogenated alkanes) is 6. The number of hydrogen-bond acceptors (Lipinski definition) is 3. The Labute approximate surface area is 141 Å². The molecular weight excluding hydrogens is 315 g/mol. The Morgan fingerprint density at radius 2 is 1.64 bits per heavy atom. The lowest BCUT2D eigenvalue weighted by Crippen LogP contribution is -2.26. The lowest BCUT2D eigenvalue weighted by Gasteiger charge is -2.26. The zero-order valence-electron chi connectivity index (χ0n) is 15.1. The molecule has 1 amide bonds. The molecule has 22 heavy (non-hydrogen) atoms. The molecule has 0 aromatic heterocycles. The minimum atomic E-state index is -2.84. The molecule has 0 radical (unpaired) electrons. The zero-order chi connectivity index (χ0) is 17.0. The molecule has 0 spiro atoms. The third-order valence-electron chi connectivity index (χ3n) is 3.70. The van der Waals surface area contributed by atoms with E-state index in [9.17, 15) is 9.36 Å². The number of nitrogens with zero attached hydrogens (tertiary/aromatic N) is 1. The normalized spacial score (nSPS) is 15.5. The molecule has 0 rings (SSSR count). The summed E-state index contributed by atoms with van der Waals surface area (Å²) in [6.07, 6.45) is 9.71. The summed E-state index contributed by atoms with van der Waals surface area (Å²) in [6, 6.07) is 0. The maximum Gasteiger partial charge on any atom is 0.294 e. The van der Waals surface area contributed by atoms with Crippen molar-refractivity contribution >= 4 is 23.9 Å². The van der Waals surface area contributed by atoms with Crippen molar-refractivity contribution in [2.24, 2.45) is 0 Å². The molecule has 4 nitrogen and oxygen atoms in total. The van der Waals surface area contributed by atoms with E-state index in [2.05, 4.69) is 18.9 Å². The molecule has 132 valence electrons. The Kier molecular flexibility index (Phi) is 12.4. The van der Waals surface area contributed by atoms with Gasteiger partial charge >= 0.3 is 0 Å². The minimum Gasteiger partial charge on any atom is -0.287 e. The third kappa shape index (κ3) is 9.91. The van der Waals surface area contributed by atoms with Gasteiger partial charge in [-0.05, 0) is 26.9 Å². The summed E-state index contributed by atoms with van der Waals surface area (Å²) >= 11 is 1.39. The van der Waals surface area contributed by atoms with Gasteiger partial charge < -0.3 is 0 Å². The highest BCUT2D eigenvalue weighted by molar-refractivity contribution is 8.57. The first-order valence-electron chi connectivity index (χ1n) is 8.63. The van der Waals surface area contributed by atoms with E-state index in [0.717, 1.165) is 19.3 Å². The largest absolute Gasteiger partial charge is 0.294 e. The van der Waals surface area contributed by atoms with Crippen LogP contribution < -0.4 is 5.09 Å². The fourth-order valence-electron chi connectivity index (χ4n) is 2.00. The van der Waals surface area contributed by atoms with Gasteiger partial charge in [0.25, 0.3) is 6.65 Å². The Balaban J connectivity index is 4.07. The van der Waals surface area contributed by atoms with Gasteiger partial charge in [-0.25, -0.2) is 4.67 Å². The lowest BCUT2D eigenvalue weighted by molar-refractivity contribution is -0.119. The van der Waals surface area contributed by atoms with Gasteiger partial charge in [0.15, 0.2) is 0 Å². The molecule has 0 aliphatic rings. The van der Waals surface area contributed by atoms with Crippen molar-refractivity contribution in [3.63, 3.8) is 0 Å². The molecular formula is C16H35N2O2PS. The molecule has 0 aromatic rings. The summed E-state index contributed by atoms with van der Waals surface area (Å²) in [6.45, 7) is 3.49. The monoisotopic (exact) mass is 350 g/mol. The first kappa shape index (κ1) is 22.0. The van der Waals surface area contributed by atoms with Crippen LogP contribution in [-0.2, 0) is 9.36 Å². The quantitative estimate of drug-likeness (QED) is 0.355. The van der Waals surface area contributed by atoms with Crippen LogP contribution in [0.25, 0.3) is 0 Å². The van der Waals surface area contributed by atoms with Crippen LogP contribution >= 0.6 is 18.0 Å². The molecule has 0 aliphatic heterocycles. The molecule has 0 saturated carbocycles. The van der Waals surface area contributed by atoms with Gasteiger partial charge in [-0.15, -0.1) is 0 Å². The SMILES string of the molecule is CCCCCCCCCC(=O)NP(=O)(SC(C)CC)N(C)C. The van der Waals surface area contributed by atoms with Gasteiger partial charge in [0.05, 0.1) is 0 Å². The Hall–Kier alpha value is 0.01000. The molecule has 0 bridgehead atoms. The predicted molar refractivity (Wildman–Crippen MR) is 99.4 cm³/mol. The van der Waals surface area contributed by atoms with Crippen LogP contribution in [0.1, 0.15) is 78.6 Å². The topological polar surface area (TPSA) is 49.4 Å². The molecule has 2 atom stereocenters. The molecule has 6 heteroatoms. The van der Waals surface area contributed by atoms with E-state index < -0.39 is 6.65 Å². The number of carbonyl (C=O) groups is 1. The van der Waals surface area contributed by atoms with Crippen molar-refractivity contribution in [3.8, 4) is 0 Å². The minimum absolute atomic E-state index is 0.0820. The van der Waals surface area contributed by atoms with E-state index in [1.54, 1.807) is 18.8 Å². The first-order valence-corrected chi connectivity index (χ1v) is 11.8. The molecule has 0 saturated heterocycles. The van der Waals surface area contributed by atoms with E-state index in [1.165, 1.54) is 43.5 Å². The van der Waals surface area contributed by atoms with Gasteiger partial charge in [0.1, 0.15) is 0 Å². The van der Waals surface area contributed by atoms with Crippen molar-refractivity contribution in [2.75, 3.05) is 14.1 Å². The van der Waals surface area contributed by atoms with Gasteiger partial charge in [0, 0.05) is 11.7 Å². The van der Waals surface area contributed by atoms with Crippen LogP contribution in [0.4, 0.5) is 0 Å². The summed E-state index contributed by atoms with van der Waals surface area (Å²) in [5, 5.41) is 3.05. The molecule has 0 aromatic carbocycles. The Bertz CT molecular complexity index is 351. The van der Waals surface area contributed by atoms with Crippen LogP contribution in [0.5, 0.6) is 0 Å². The molecule has 0 aliphatic carbocycles. The van der Waals surface area contributed by atoms with Crippen LogP contribution in [-0.4, -0.2) is 29.9 Å². The standard InChI is InChI=1S/C16H35N2O2PS/c1-6-8-9-10-11-12-13-14-16(19)17-21(20,18(4)5)22-15(3)7-2/h15H,6-14H2,1-5H3,(H,17,19,20). The molecule has 2 unspecified atom stereocenters. The first-order chi connectivity index (χ1) is 10.4. The van der Waals surface area contributed by atoms with Gasteiger partial charge in [-0.3, -0.25) is 14.4 Å². The van der Waals surface area contributed by atoms with Crippen LogP contribution in [0.15, 0.2) is 0 Å². The van der Waals surface area contributed by atoms with Crippen LogP contribution in [0, 0.1) is 0 Å². The maximum absolute atomic E-state index is 12.9.